The minimum absolute atomic E-state index is 0.0831. The topological polar surface area (TPSA) is 35.5 Å². The molecule has 1 aliphatic heterocycles. The Morgan fingerprint density at radius 2 is 1.93 bits per heavy atom. The lowest BCUT2D eigenvalue weighted by Crippen LogP contribution is -2.30. The van der Waals surface area contributed by atoms with Crippen molar-refractivity contribution >= 4 is 6.16 Å². The second kappa shape index (κ2) is 4.03. The minimum Gasteiger partial charge on any atom is -0.426 e. The van der Waals surface area contributed by atoms with Crippen LogP contribution in [0.15, 0.2) is 12.7 Å². The first kappa shape index (κ1) is 9.56. The van der Waals surface area contributed by atoms with Gasteiger partial charge in [0.2, 0.25) is 0 Å². The Hall–Kier alpha value is -0.990. The van der Waals surface area contributed by atoms with E-state index in [0.29, 0.717) is 5.92 Å². The molecule has 2 fully saturated rings. The molecule has 1 heterocycles. The van der Waals surface area contributed by atoms with Crippen molar-refractivity contribution in [3.8, 4) is 0 Å². The summed E-state index contributed by atoms with van der Waals surface area (Å²) in [6, 6.07) is 0. The molecule has 1 aliphatic carbocycles. The first-order valence-corrected chi connectivity index (χ1v) is 5.31. The van der Waals surface area contributed by atoms with E-state index in [1.165, 1.54) is 19.3 Å². The highest BCUT2D eigenvalue weighted by Crippen LogP contribution is 2.33. The Morgan fingerprint density at radius 3 is 2.57 bits per heavy atom. The molecular weight excluding hydrogens is 180 g/mol. The van der Waals surface area contributed by atoms with Crippen LogP contribution in [-0.4, -0.2) is 18.4 Å². The third-order valence-corrected chi connectivity index (χ3v) is 3.14. The molecule has 2 atom stereocenters. The smallest absolute Gasteiger partial charge is 0.426 e. The largest absolute Gasteiger partial charge is 0.509 e. The number of ether oxygens (including phenoxy) is 2. The zero-order chi connectivity index (χ0) is 9.97. The summed E-state index contributed by atoms with van der Waals surface area (Å²) in [4.78, 5) is 11.0. The third kappa shape index (κ3) is 1.76. The van der Waals surface area contributed by atoms with Crippen LogP contribution in [0, 0.1) is 5.92 Å². The van der Waals surface area contributed by atoms with Crippen molar-refractivity contribution in [3.05, 3.63) is 12.7 Å². The normalized spacial score (nSPS) is 33.6. The van der Waals surface area contributed by atoms with Gasteiger partial charge in [0.1, 0.15) is 6.10 Å². The standard InChI is InChI=1S/C11H16O3/c1-2-9-10(14-11(12)13-9)8-6-4-3-5-7-8/h2,8-10H,1,3-7H2/t9-,10+/m0/s1. The average molecular weight is 196 g/mol. The summed E-state index contributed by atoms with van der Waals surface area (Å²) >= 11 is 0. The summed E-state index contributed by atoms with van der Waals surface area (Å²) in [5.41, 5.74) is 0. The van der Waals surface area contributed by atoms with E-state index in [2.05, 4.69) is 6.58 Å². The zero-order valence-corrected chi connectivity index (χ0v) is 8.28. The molecule has 1 saturated heterocycles. The average Bonchev–Trinajstić information content (AvgIpc) is 2.61. The van der Waals surface area contributed by atoms with Crippen LogP contribution in [0.4, 0.5) is 4.79 Å². The van der Waals surface area contributed by atoms with Gasteiger partial charge in [-0.05, 0) is 18.9 Å². The van der Waals surface area contributed by atoms with Crippen LogP contribution < -0.4 is 0 Å². The third-order valence-electron chi connectivity index (χ3n) is 3.14. The molecule has 0 radical (unpaired) electrons. The van der Waals surface area contributed by atoms with Crippen LogP contribution >= 0.6 is 0 Å². The quantitative estimate of drug-likeness (QED) is 0.503. The molecule has 0 aromatic carbocycles. The summed E-state index contributed by atoms with van der Waals surface area (Å²) in [5.74, 6) is 0.471. The fourth-order valence-electron chi connectivity index (χ4n) is 2.39. The van der Waals surface area contributed by atoms with Gasteiger partial charge in [-0.3, -0.25) is 0 Å². The van der Waals surface area contributed by atoms with Crippen LogP contribution in [0.3, 0.4) is 0 Å². The SMILES string of the molecule is C=C[C@@H]1OC(=O)O[C@@H]1C1CCCCC1. The minimum atomic E-state index is -0.537. The Kier molecular flexibility index (Phi) is 2.75. The van der Waals surface area contributed by atoms with Crippen LogP contribution in [0.1, 0.15) is 32.1 Å². The molecule has 0 aromatic heterocycles. The molecule has 0 spiro atoms. The van der Waals surface area contributed by atoms with Crippen LogP contribution in [0.2, 0.25) is 0 Å². The van der Waals surface area contributed by atoms with Crippen molar-refractivity contribution in [1.82, 2.24) is 0 Å². The summed E-state index contributed by atoms with van der Waals surface area (Å²) in [6.45, 7) is 3.66. The highest BCUT2D eigenvalue weighted by Gasteiger charge is 2.40. The van der Waals surface area contributed by atoms with Gasteiger partial charge in [-0.25, -0.2) is 4.79 Å². The van der Waals surface area contributed by atoms with Gasteiger partial charge in [0.25, 0.3) is 0 Å². The lowest BCUT2D eigenvalue weighted by Gasteiger charge is -2.26. The Morgan fingerprint density at radius 1 is 1.21 bits per heavy atom. The summed E-state index contributed by atoms with van der Waals surface area (Å²) < 4.78 is 10.2. The van der Waals surface area contributed by atoms with E-state index < -0.39 is 6.16 Å². The monoisotopic (exact) mass is 196 g/mol. The first-order chi connectivity index (χ1) is 6.81. The number of carbonyl (C=O) groups excluding carboxylic acids is 1. The maximum atomic E-state index is 11.0. The van der Waals surface area contributed by atoms with Crippen molar-refractivity contribution in [1.29, 1.82) is 0 Å². The van der Waals surface area contributed by atoms with Crippen molar-refractivity contribution in [2.45, 2.75) is 44.3 Å². The molecule has 0 amide bonds. The second-order valence-electron chi connectivity index (χ2n) is 4.05. The highest BCUT2D eigenvalue weighted by molar-refractivity contribution is 5.63. The molecule has 0 aromatic rings. The van der Waals surface area contributed by atoms with Crippen molar-refractivity contribution < 1.29 is 14.3 Å². The molecule has 78 valence electrons. The van der Waals surface area contributed by atoms with E-state index in [1.54, 1.807) is 6.08 Å². The van der Waals surface area contributed by atoms with E-state index in [1.807, 2.05) is 0 Å². The van der Waals surface area contributed by atoms with E-state index >= 15 is 0 Å². The van der Waals surface area contributed by atoms with Crippen molar-refractivity contribution in [2.75, 3.05) is 0 Å². The zero-order valence-electron chi connectivity index (χ0n) is 8.28. The molecule has 3 heteroatoms. The van der Waals surface area contributed by atoms with Crippen molar-refractivity contribution in [2.24, 2.45) is 5.92 Å². The predicted molar refractivity (Wildman–Crippen MR) is 51.9 cm³/mol. The lowest BCUT2D eigenvalue weighted by molar-refractivity contribution is 0.0803. The van der Waals surface area contributed by atoms with Gasteiger partial charge in [0.15, 0.2) is 6.10 Å². The van der Waals surface area contributed by atoms with Gasteiger partial charge < -0.3 is 9.47 Å². The molecular formula is C11H16O3. The first-order valence-electron chi connectivity index (χ1n) is 5.31. The van der Waals surface area contributed by atoms with E-state index in [4.69, 9.17) is 9.47 Å². The van der Waals surface area contributed by atoms with Crippen LogP contribution in [0.25, 0.3) is 0 Å². The maximum absolute atomic E-state index is 11.0. The number of hydrogen-bond acceptors (Lipinski definition) is 3. The molecule has 3 nitrogen and oxygen atoms in total. The molecule has 0 unspecified atom stereocenters. The molecule has 0 N–H and O–H groups in total. The van der Waals surface area contributed by atoms with Crippen LogP contribution in [-0.2, 0) is 9.47 Å². The van der Waals surface area contributed by atoms with Gasteiger partial charge >= 0.3 is 6.16 Å². The summed E-state index contributed by atoms with van der Waals surface area (Å²) in [6.07, 6.45) is 6.89. The van der Waals surface area contributed by atoms with Crippen molar-refractivity contribution in [3.63, 3.8) is 0 Å². The van der Waals surface area contributed by atoms with Gasteiger partial charge in [-0.1, -0.05) is 25.8 Å². The maximum Gasteiger partial charge on any atom is 0.509 e. The van der Waals surface area contributed by atoms with Gasteiger partial charge in [0.05, 0.1) is 0 Å². The molecule has 14 heavy (non-hydrogen) atoms. The van der Waals surface area contributed by atoms with Gasteiger partial charge in [0, 0.05) is 5.92 Å². The van der Waals surface area contributed by atoms with E-state index in [-0.39, 0.29) is 12.2 Å². The number of cyclic esters (lactones) is 2. The number of rotatable bonds is 2. The molecule has 0 bridgehead atoms. The highest BCUT2D eigenvalue weighted by atomic mass is 16.8. The molecule has 1 saturated carbocycles. The van der Waals surface area contributed by atoms with Crippen LogP contribution in [0.5, 0.6) is 0 Å². The second-order valence-corrected chi connectivity index (χ2v) is 4.05. The predicted octanol–water partition coefficient (Wildman–Crippen LogP) is 2.66. The number of hydrogen-bond donors (Lipinski definition) is 0. The Bertz CT molecular complexity index is 231. The summed E-state index contributed by atoms with van der Waals surface area (Å²) in [7, 11) is 0. The van der Waals surface area contributed by atoms with Gasteiger partial charge in [-0.2, -0.15) is 0 Å². The number of carbonyl (C=O) groups is 1. The Balaban J connectivity index is 2.00. The fourth-order valence-corrected chi connectivity index (χ4v) is 2.39. The fraction of sp³-hybridized carbons (Fsp3) is 0.727. The van der Waals surface area contributed by atoms with E-state index in [0.717, 1.165) is 12.8 Å². The van der Waals surface area contributed by atoms with E-state index in [9.17, 15) is 4.79 Å². The lowest BCUT2D eigenvalue weighted by atomic mass is 9.83. The molecule has 2 aliphatic rings. The Labute approximate surface area is 84.1 Å². The van der Waals surface area contributed by atoms with Gasteiger partial charge in [-0.15, -0.1) is 0 Å². The summed E-state index contributed by atoms with van der Waals surface area (Å²) in [5, 5.41) is 0. The molecule has 2 rings (SSSR count).